The van der Waals surface area contributed by atoms with Gasteiger partial charge in [-0.05, 0) is 61.6 Å². The SMILES string of the molecule is C[C@H](Sc1nn(-c2ccc(Cl)cc2)c(=S)s1)C(=O)Nc1cccc(Cl)c1. The van der Waals surface area contributed by atoms with Crippen LogP contribution in [0.2, 0.25) is 10.0 Å². The summed E-state index contributed by atoms with van der Waals surface area (Å²) in [6.45, 7) is 1.82. The molecular weight excluding hydrogens is 429 g/mol. The highest BCUT2D eigenvalue weighted by Crippen LogP contribution is 2.28. The molecule has 0 aliphatic heterocycles. The molecule has 1 atom stereocenters. The van der Waals surface area contributed by atoms with Crippen LogP contribution < -0.4 is 5.32 Å². The highest BCUT2D eigenvalue weighted by atomic mass is 35.5. The first kappa shape index (κ1) is 19.4. The van der Waals surface area contributed by atoms with Gasteiger partial charge in [-0.1, -0.05) is 52.4 Å². The number of amides is 1. The number of halogens is 2. The summed E-state index contributed by atoms with van der Waals surface area (Å²) in [5, 5.41) is 8.23. The summed E-state index contributed by atoms with van der Waals surface area (Å²) in [5.74, 6) is -0.128. The zero-order valence-electron chi connectivity index (χ0n) is 13.5. The third kappa shape index (κ3) is 4.86. The number of aromatic nitrogens is 2. The van der Waals surface area contributed by atoms with Crippen molar-refractivity contribution in [2.75, 3.05) is 5.32 Å². The number of rotatable bonds is 5. The molecule has 9 heteroatoms. The standard InChI is InChI=1S/C17H13Cl2N3OS3/c1-10(15(23)20-13-4-2-3-12(19)9-13)25-16-21-22(17(24)26-16)14-7-5-11(18)6-8-14/h2-10H,1H3,(H,20,23)/t10-/m0/s1. The van der Waals surface area contributed by atoms with E-state index in [1.807, 2.05) is 19.1 Å². The summed E-state index contributed by atoms with van der Waals surface area (Å²) in [6.07, 6.45) is 0. The number of nitrogens with zero attached hydrogens (tertiary/aromatic N) is 2. The van der Waals surface area contributed by atoms with Crippen LogP contribution in [0.5, 0.6) is 0 Å². The molecule has 1 heterocycles. The van der Waals surface area contributed by atoms with Crippen LogP contribution in [0.4, 0.5) is 5.69 Å². The normalized spacial score (nSPS) is 12.0. The van der Waals surface area contributed by atoms with Crippen LogP contribution in [0.1, 0.15) is 6.92 Å². The molecule has 1 N–H and O–H groups in total. The van der Waals surface area contributed by atoms with E-state index in [2.05, 4.69) is 10.4 Å². The molecule has 2 aromatic carbocycles. The number of carbonyl (C=O) groups is 1. The second-order valence-electron chi connectivity index (χ2n) is 5.28. The molecule has 26 heavy (non-hydrogen) atoms. The van der Waals surface area contributed by atoms with Gasteiger partial charge >= 0.3 is 0 Å². The fraction of sp³-hybridized carbons (Fsp3) is 0.118. The monoisotopic (exact) mass is 441 g/mol. The molecule has 1 amide bonds. The maximum atomic E-state index is 12.4. The van der Waals surface area contributed by atoms with Gasteiger partial charge in [0.25, 0.3) is 0 Å². The molecule has 0 spiro atoms. The smallest absolute Gasteiger partial charge is 0.237 e. The summed E-state index contributed by atoms with van der Waals surface area (Å²) in [6, 6.07) is 14.3. The summed E-state index contributed by atoms with van der Waals surface area (Å²) in [7, 11) is 0. The molecule has 3 rings (SSSR count). The minimum absolute atomic E-state index is 0.128. The number of hydrogen-bond donors (Lipinski definition) is 1. The van der Waals surface area contributed by atoms with Gasteiger partial charge in [0.05, 0.1) is 10.9 Å². The molecule has 0 bridgehead atoms. The summed E-state index contributed by atoms with van der Waals surface area (Å²) in [5.41, 5.74) is 1.49. The second kappa shape index (κ2) is 8.54. The molecule has 0 aliphatic carbocycles. The van der Waals surface area contributed by atoms with Gasteiger partial charge in [0.1, 0.15) is 0 Å². The lowest BCUT2D eigenvalue weighted by Gasteiger charge is -2.10. The summed E-state index contributed by atoms with van der Waals surface area (Å²) < 4.78 is 3.00. The van der Waals surface area contributed by atoms with Crippen LogP contribution in [-0.4, -0.2) is 20.9 Å². The van der Waals surface area contributed by atoms with E-state index in [0.29, 0.717) is 19.7 Å². The van der Waals surface area contributed by atoms with Crippen molar-refractivity contribution in [1.82, 2.24) is 9.78 Å². The van der Waals surface area contributed by atoms with Crippen molar-refractivity contribution in [2.45, 2.75) is 16.5 Å². The summed E-state index contributed by atoms with van der Waals surface area (Å²) in [4.78, 5) is 12.4. The van der Waals surface area contributed by atoms with E-state index in [1.165, 1.54) is 23.1 Å². The third-order valence-corrected chi connectivity index (χ3v) is 6.24. The van der Waals surface area contributed by atoms with Crippen LogP contribution >= 0.6 is 58.5 Å². The van der Waals surface area contributed by atoms with Crippen LogP contribution in [0, 0.1) is 3.95 Å². The number of hydrogen-bond acceptors (Lipinski definition) is 5. The lowest BCUT2D eigenvalue weighted by molar-refractivity contribution is -0.115. The molecule has 4 nitrogen and oxygen atoms in total. The van der Waals surface area contributed by atoms with E-state index in [-0.39, 0.29) is 11.2 Å². The molecule has 134 valence electrons. The van der Waals surface area contributed by atoms with Crippen LogP contribution in [-0.2, 0) is 4.79 Å². The Morgan fingerprint density at radius 2 is 1.96 bits per heavy atom. The maximum absolute atomic E-state index is 12.4. The van der Waals surface area contributed by atoms with Crippen molar-refractivity contribution >= 4 is 70.1 Å². The highest BCUT2D eigenvalue weighted by molar-refractivity contribution is 8.02. The summed E-state index contributed by atoms with van der Waals surface area (Å²) >= 11 is 20.0. The Bertz CT molecular complexity index is 985. The van der Waals surface area contributed by atoms with Gasteiger partial charge in [0.2, 0.25) is 5.91 Å². The van der Waals surface area contributed by atoms with Crippen molar-refractivity contribution in [3.8, 4) is 5.69 Å². The first-order chi connectivity index (χ1) is 12.4. The van der Waals surface area contributed by atoms with E-state index < -0.39 is 0 Å². The number of nitrogens with one attached hydrogen (secondary N) is 1. The largest absolute Gasteiger partial charge is 0.325 e. The molecule has 0 saturated carbocycles. The number of anilines is 1. The van der Waals surface area contributed by atoms with Gasteiger partial charge in [-0.25, -0.2) is 4.68 Å². The Morgan fingerprint density at radius 3 is 2.65 bits per heavy atom. The van der Waals surface area contributed by atoms with Crippen molar-refractivity contribution in [2.24, 2.45) is 0 Å². The molecular formula is C17H13Cl2N3OS3. The molecule has 0 saturated heterocycles. The number of carbonyl (C=O) groups excluding carboxylic acids is 1. The van der Waals surface area contributed by atoms with Gasteiger partial charge < -0.3 is 5.32 Å². The molecule has 3 aromatic rings. The Hall–Kier alpha value is -1.38. The maximum Gasteiger partial charge on any atom is 0.237 e. The van der Waals surface area contributed by atoms with E-state index in [0.717, 1.165) is 10.0 Å². The zero-order chi connectivity index (χ0) is 18.7. The average Bonchev–Trinajstić information content (AvgIpc) is 2.96. The van der Waals surface area contributed by atoms with Gasteiger partial charge in [-0.3, -0.25) is 4.79 Å². The van der Waals surface area contributed by atoms with E-state index in [1.54, 1.807) is 41.1 Å². The topological polar surface area (TPSA) is 46.9 Å². The average molecular weight is 442 g/mol. The number of benzene rings is 2. The fourth-order valence-corrected chi connectivity index (χ4v) is 4.89. The van der Waals surface area contributed by atoms with Crippen molar-refractivity contribution < 1.29 is 4.79 Å². The minimum atomic E-state index is -0.340. The van der Waals surface area contributed by atoms with Crippen molar-refractivity contribution in [1.29, 1.82) is 0 Å². The van der Waals surface area contributed by atoms with Crippen molar-refractivity contribution in [3.05, 3.63) is 62.5 Å². The van der Waals surface area contributed by atoms with Gasteiger partial charge in [0.15, 0.2) is 8.29 Å². The zero-order valence-corrected chi connectivity index (χ0v) is 17.4. The van der Waals surface area contributed by atoms with Crippen LogP contribution in [0.15, 0.2) is 52.9 Å². The Morgan fingerprint density at radius 1 is 1.23 bits per heavy atom. The van der Waals surface area contributed by atoms with Gasteiger partial charge in [-0.15, -0.1) is 5.10 Å². The predicted octanol–water partition coefficient (Wildman–Crippen LogP) is 6.09. The Labute approximate surface area is 174 Å². The molecule has 0 aliphatic rings. The third-order valence-electron chi connectivity index (χ3n) is 3.34. The van der Waals surface area contributed by atoms with Gasteiger partial charge in [0, 0.05) is 15.7 Å². The predicted molar refractivity (Wildman–Crippen MR) is 113 cm³/mol. The van der Waals surface area contributed by atoms with E-state index in [4.69, 9.17) is 35.4 Å². The molecule has 0 fully saturated rings. The first-order valence-electron chi connectivity index (χ1n) is 7.51. The Kier molecular flexibility index (Phi) is 6.37. The fourth-order valence-electron chi connectivity index (χ4n) is 2.07. The highest BCUT2D eigenvalue weighted by Gasteiger charge is 2.18. The molecule has 0 radical (unpaired) electrons. The lowest BCUT2D eigenvalue weighted by atomic mass is 10.3. The first-order valence-corrected chi connectivity index (χ1v) is 10.4. The second-order valence-corrected chi connectivity index (χ2v) is 9.37. The van der Waals surface area contributed by atoms with Crippen LogP contribution in [0.3, 0.4) is 0 Å². The minimum Gasteiger partial charge on any atom is -0.325 e. The van der Waals surface area contributed by atoms with Crippen LogP contribution in [0.25, 0.3) is 5.69 Å². The van der Waals surface area contributed by atoms with Crippen molar-refractivity contribution in [3.63, 3.8) is 0 Å². The Balaban J connectivity index is 1.70. The van der Waals surface area contributed by atoms with Gasteiger partial charge in [-0.2, -0.15) is 0 Å². The van der Waals surface area contributed by atoms with E-state index >= 15 is 0 Å². The molecule has 0 unspecified atom stereocenters. The quantitative estimate of drug-likeness (QED) is 0.384. The molecule has 1 aromatic heterocycles. The van der Waals surface area contributed by atoms with E-state index in [9.17, 15) is 4.79 Å². The number of thioether (sulfide) groups is 1. The lowest BCUT2D eigenvalue weighted by Crippen LogP contribution is -2.22.